The Labute approximate surface area is 143 Å². The fourth-order valence-corrected chi connectivity index (χ4v) is 2.58. The van der Waals surface area contributed by atoms with E-state index in [1.54, 1.807) is 12.3 Å². The van der Waals surface area contributed by atoms with Crippen molar-refractivity contribution in [2.24, 2.45) is 0 Å². The first kappa shape index (κ1) is 15.1. The predicted octanol–water partition coefficient (Wildman–Crippen LogP) is 4.13. The number of nitrogens with zero attached hydrogens (tertiary/aromatic N) is 2. The van der Waals surface area contributed by atoms with Crippen molar-refractivity contribution in [2.45, 2.75) is 6.61 Å². The quantitative estimate of drug-likeness (QED) is 0.416. The van der Waals surface area contributed by atoms with Gasteiger partial charge < -0.3 is 9.15 Å². The molecule has 0 N–H and O–H groups in total. The minimum Gasteiger partial charge on any atom is -0.453 e. The normalized spacial score (nSPS) is 11.4. The first-order chi connectivity index (χ1) is 12.3. The molecule has 0 aliphatic carbocycles. The van der Waals surface area contributed by atoms with Gasteiger partial charge in [0.25, 0.3) is 0 Å². The van der Waals surface area contributed by atoms with Crippen molar-refractivity contribution in [3.8, 4) is 0 Å². The van der Waals surface area contributed by atoms with Crippen LogP contribution < -0.4 is 0 Å². The van der Waals surface area contributed by atoms with Crippen LogP contribution in [-0.2, 0) is 16.1 Å². The van der Waals surface area contributed by atoms with Gasteiger partial charge >= 0.3 is 5.97 Å². The Kier molecular flexibility index (Phi) is 3.96. The Balaban J connectivity index is 1.45. The number of pyridine rings is 1. The number of oxazole rings is 1. The molecule has 25 heavy (non-hydrogen) atoms. The molecule has 2 heterocycles. The van der Waals surface area contributed by atoms with Gasteiger partial charge in [-0.1, -0.05) is 36.4 Å². The standard InChI is InChI=1S/C20H14N2O3/c23-19(24-13-18-22-16-8-1-2-9-17(16)25-18)11-10-15-6-3-5-14-7-4-12-21-20(14)15/h1-12H,13H2/b11-10+. The molecule has 2 aromatic heterocycles. The first-order valence-electron chi connectivity index (χ1n) is 7.83. The van der Waals surface area contributed by atoms with Crippen LogP contribution in [0.2, 0.25) is 0 Å². The second-order valence-electron chi connectivity index (χ2n) is 5.44. The summed E-state index contributed by atoms with van der Waals surface area (Å²) in [6.07, 6.45) is 4.81. The second kappa shape index (κ2) is 6.57. The van der Waals surface area contributed by atoms with E-state index in [9.17, 15) is 4.79 Å². The van der Waals surface area contributed by atoms with E-state index in [1.165, 1.54) is 6.08 Å². The molecule has 0 aliphatic rings. The van der Waals surface area contributed by atoms with Crippen molar-refractivity contribution in [1.29, 1.82) is 0 Å². The maximum Gasteiger partial charge on any atom is 0.331 e. The molecule has 5 nitrogen and oxygen atoms in total. The average molecular weight is 330 g/mol. The lowest BCUT2D eigenvalue weighted by Gasteiger charge is -2.01. The van der Waals surface area contributed by atoms with Gasteiger partial charge in [-0.25, -0.2) is 9.78 Å². The molecule has 0 aliphatic heterocycles. The number of carbonyl (C=O) groups is 1. The van der Waals surface area contributed by atoms with Crippen LogP contribution in [0.4, 0.5) is 0 Å². The van der Waals surface area contributed by atoms with E-state index < -0.39 is 5.97 Å². The number of rotatable bonds is 4. The first-order valence-corrected chi connectivity index (χ1v) is 7.83. The predicted molar refractivity (Wildman–Crippen MR) is 94.6 cm³/mol. The van der Waals surface area contributed by atoms with Crippen LogP contribution in [0.5, 0.6) is 0 Å². The SMILES string of the molecule is O=C(/C=C/c1cccc2cccnc12)OCc1nc2ccccc2o1. The third kappa shape index (κ3) is 3.26. The maximum absolute atomic E-state index is 11.9. The highest BCUT2D eigenvalue weighted by molar-refractivity contribution is 5.92. The lowest BCUT2D eigenvalue weighted by atomic mass is 10.1. The summed E-state index contributed by atoms with van der Waals surface area (Å²) in [4.78, 5) is 20.6. The third-order valence-electron chi connectivity index (χ3n) is 3.74. The van der Waals surface area contributed by atoms with Crippen LogP contribution in [0.1, 0.15) is 11.5 Å². The Morgan fingerprint density at radius 2 is 1.96 bits per heavy atom. The van der Waals surface area contributed by atoms with E-state index in [1.807, 2.05) is 54.6 Å². The van der Waals surface area contributed by atoms with Crippen molar-refractivity contribution < 1.29 is 13.9 Å². The number of aromatic nitrogens is 2. The van der Waals surface area contributed by atoms with E-state index >= 15 is 0 Å². The van der Waals surface area contributed by atoms with Gasteiger partial charge in [0.1, 0.15) is 5.52 Å². The summed E-state index contributed by atoms with van der Waals surface area (Å²) in [6.45, 7) is -0.00829. The molecule has 0 bridgehead atoms. The largest absolute Gasteiger partial charge is 0.453 e. The number of esters is 1. The molecule has 122 valence electrons. The number of hydrogen-bond acceptors (Lipinski definition) is 5. The van der Waals surface area contributed by atoms with Gasteiger partial charge in [-0.2, -0.15) is 0 Å². The number of carbonyl (C=O) groups excluding carboxylic acids is 1. The molecule has 5 heteroatoms. The molecule has 0 amide bonds. The van der Waals surface area contributed by atoms with Gasteiger partial charge in [-0.3, -0.25) is 4.98 Å². The van der Waals surface area contributed by atoms with E-state index in [0.29, 0.717) is 11.5 Å². The summed E-state index contributed by atoms with van der Waals surface area (Å²) in [5, 5.41) is 1.02. The maximum atomic E-state index is 11.9. The van der Waals surface area contributed by atoms with E-state index in [4.69, 9.17) is 9.15 Å². The number of hydrogen-bond donors (Lipinski definition) is 0. The van der Waals surface area contributed by atoms with Crippen molar-refractivity contribution in [1.82, 2.24) is 9.97 Å². The minimum absolute atomic E-state index is 0.00829. The van der Waals surface area contributed by atoms with Crippen LogP contribution in [0.3, 0.4) is 0 Å². The van der Waals surface area contributed by atoms with Gasteiger partial charge in [0.15, 0.2) is 12.2 Å². The summed E-state index contributed by atoms with van der Waals surface area (Å²) in [6, 6.07) is 17.1. The molecule has 0 fully saturated rings. The van der Waals surface area contributed by atoms with Crippen LogP contribution in [0.15, 0.2) is 71.3 Å². The number of para-hydroxylation sites is 3. The van der Waals surface area contributed by atoms with E-state index in [0.717, 1.165) is 22.0 Å². The molecule has 4 aromatic rings. The number of fused-ring (bicyclic) bond motifs is 2. The number of ether oxygens (including phenoxy) is 1. The van der Waals surface area contributed by atoms with Gasteiger partial charge in [0, 0.05) is 23.2 Å². The summed E-state index contributed by atoms with van der Waals surface area (Å²) in [5.74, 6) is -0.0926. The van der Waals surface area contributed by atoms with Crippen molar-refractivity contribution in [3.05, 3.63) is 78.3 Å². The Morgan fingerprint density at radius 3 is 2.88 bits per heavy atom. The molecule has 0 saturated carbocycles. The van der Waals surface area contributed by atoms with Crippen LogP contribution in [-0.4, -0.2) is 15.9 Å². The Hall–Kier alpha value is -3.47. The summed E-state index contributed by atoms with van der Waals surface area (Å²) in [5.41, 5.74) is 3.11. The summed E-state index contributed by atoms with van der Waals surface area (Å²) < 4.78 is 10.7. The highest BCUT2D eigenvalue weighted by Crippen LogP contribution is 2.18. The van der Waals surface area contributed by atoms with Crippen molar-refractivity contribution >= 4 is 34.0 Å². The Morgan fingerprint density at radius 1 is 1.08 bits per heavy atom. The molecule has 0 radical (unpaired) electrons. The molecule has 0 spiro atoms. The minimum atomic E-state index is -0.463. The molecular formula is C20H14N2O3. The summed E-state index contributed by atoms with van der Waals surface area (Å²) >= 11 is 0. The fourth-order valence-electron chi connectivity index (χ4n) is 2.58. The lowest BCUT2D eigenvalue weighted by molar-refractivity contribution is -0.139. The highest BCUT2D eigenvalue weighted by atomic mass is 16.5. The zero-order chi connectivity index (χ0) is 17.1. The van der Waals surface area contributed by atoms with E-state index in [2.05, 4.69) is 9.97 Å². The summed E-state index contributed by atoms with van der Waals surface area (Å²) in [7, 11) is 0. The molecular weight excluding hydrogens is 316 g/mol. The lowest BCUT2D eigenvalue weighted by Crippen LogP contribution is -2.00. The molecule has 0 atom stereocenters. The molecule has 0 saturated heterocycles. The topological polar surface area (TPSA) is 65.2 Å². The molecule has 2 aromatic carbocycles. The highest BCUT2D eigenvalue weighted by Gasteiger charge is 2.07. The average Bonchev–Trinajstić information content (AvgIpc) is 3.07. The zero-order valence-corrected chi connectivity index (χ0v) is 13.3. The third-order valence-corrected chi connectivity index (χ3v) is 3.74. The molecule has 4 rings (SSSR count). The second-order valence-corrected chi connectivity index (χ2v) is 5.44. The Bertz CT molecular complexity index is 1040. The van der Waals surface area contributed by atoms with Gasteiger partial charge in [0.2, 0.25) is 5.89 Å². The van der Waals surface area contributed by atoms with Gasteiger partial charge in [-0.15, -0.1) is 0 Å². The monoisotopic (exact) mass is 330 g/mol. The van der Waals surface area contributed by atoms with Crippen LogP contribution >= 0.6 is 0 Å². The van der Waals surface area contributed by atoms with Gasteiger partial charge in [-0.05, 0) is 24.3 Å². The van der Waals surface area contributed by atoms with Gasteiger partial charge in [0.05, 0.1) is 5.52 Å². The van der Waals surface area contributed by atoms with Crippen molar-refractivity contribution in [2.75, 3.05) is 0 Å². The molecule has 0 unspecified atom stereocenters. The van der Waals surface area contributed by atoms with E-state index in [-0.39, 0.29) is 6.61 Å². The van der Waals surface area contributed by atoms with Crippen molar-refractivity contribution in [3.63, 3.8) is 0 Å². The zero-order valence-electron chi connectivity index (χ0n) is 13.3. The van der Waals surface area contributed by atoms with Crippen LogP contribution in [0.25, 0.3) is 28.1 Å². The smallest absolute Gasteiger partial charge is 0.331 e. The number of benzene rings is 2. The fraction of sp³-hybridized carbons (Fsp3) is 0.0500. The van der Waals surface area contributed by atoms with Crippen LogP contribution in [0, 0.1) is 0 Å².